The van der Waals surface area contributed by atoms with Gasteiger partial charge >= 0.3 is 0 Å². The Bertz CT molecular complexity index is 305. The van der Waals surface area contributed by atoms with Gasteiger partial charge in [-0.25, -0.2) is 0 Å². The molecule has 0 amide bonds. The van der Waals surface area contributed by atoms with Gasteiger partial charge < -0.3 is 10.6 Å². The molecule has 1 heterocycles. The lowest BCUT2D eigenvalue weighted by molar-refractivity contribution is 0.337. The van der Waals surface area contributed by atoms with Gasteiger partial charge in [0.25, 0.3) is 0 Å². The third kappa shape index (κ3) is 2.26. The molecule has 0 radical (unpaired) electrons. The third-order valence-electron chi connectivity index (χ3n) is 3.39. The van der Waals surface area contributed by atoms with Crippen LogP contribution in [0.5, 0.6) is 0 Å². The monoisotopic (exact) mass is 274 g/mol. The maximum absolute atomic E-state index is 5.46. The Morgan fingerprint density at radius 1 is 1.12 bits per heavy atom. The maximum atomic E-state index is 5.46. The molecular weight excluding hydrogens is 256 g/mol. The molecule has 2 nitrogen and oxygen atoms in total. The molecule has 1 atom stereocenters. The van der Waals surface area contributed by atoms with Crippen LogP contribution in [0.3, 0.4) is 0 Å². The van der Waals surface area contributed by atoms with Crippen molar-refractivity contribution in [3.63, 3.8) is 0 Å². The summed E-state index contributed by atoms with van der Waals surface area (Å²) < 4.78 is 0. The predicted molar refractivity (Wildman–Crippen MR) is 80.9 cm³/mol. The van der Waals surface area contributed by atoms with Gasteiger partial charge in [0.2, 0.25) is 0 Å². The van der Waals surface area contributed by atoms with Gasteiger partial charge in [-0.05, 0) is 31.0 Å². The first kappa shape index (κ1) is 13.9. The van der Waals surface area contributed by atoms with Crippen LogP contribution < -0.4 is 10.6 Å². The molecule has 1 fully saturated rings. The van der Waals surface area contributed by atoms with E-state index < -0.39 is 0 Å². The zero-order valence-corrected chi connectivity index (χ0v) is 12.4. The van der Waals surface area contributed by atoms with E-state index in [1.54, 1.807) is 0 Å². The van der Waals surface area contributed by atoms with Crippen LogP contribution in [0.4, 0.5) is 0 Å². The molecule has 1 unspecified atom stereocenters. The van der Waals surface area contributed by atoms with Crippen molar-refractivity contribution in [3.8, 4) is 0 Å². The second-order valence-electron chi connectivity index (χ2n) is 4.25. The quantitative estimate of drug-likeness (QED) is 0.768. The summed E-state index contributed by atoms with van der Waals surface area (Å²) in [5, 5.41) is 6.64. The zero-order valence-electron chi connectivity index (χ0n) is 9.92. The van der Waals surface area contributed by atoms with E-state index in [-0.39, 0.29) is 5.41 Å². The van der Waals surface area contributed by atoms with Crippen LogP contribution in [0.15, 0.2) is 0 Å². The highest BCUT2D eigenvalue weighted by Gasteiger charge is 2.45. The Labute approximate surface area is 114 Å². The molecule has 0 aromatic heterocycles. The van der Waals surface area contributed by atoms with Crippen molar-refractivity contribution in [2.45, 2.75) is 40.0 Å². The molecule has 1 saturated heterocycles. The Kier molecular flexibility index (Phi) is 4.76. The van der Waals surface area contributed by atoms with Gasteiger partial charge in [0.1, 0.15) is 0 Å². The summed E-state index contributed by atoms with van der Waals surface area (Å²) in [6.45, 7) is 6.52. The van der Waals surface area contributed by atoms with Crippen LogP contribution in [0.2, 0.25) is 0 Å². The topological polar surface area (TPSA) is 24.1 Å². The highest BCUT2D eigenvalue weighted by atomic mass is 32.1. The molecule has 16 heavy (non-hydrogen) atoms. The van der Waals surface area contributed by atoms with Crippen LogP contribution in [0.25, 0.3) is 0 Å². The van der Waals surface area contributed by atoms with E-state index in [4.69, 9.17) is 36.7 Å². The maximum Gasteiger partial charge on any atom is 0.176 e. The molecule has 1 aliphatic heterocycles. The summed E-state index contributed by atoms with van der Waals surface area (Å²) in [6.07, 6.45) is 3.16. The fourth-order valence-electron chi connectivity index (χ4n) is 2.36. The van der Waals surface area contributed by atoms with Gasteiger partial charge in [0.05, 0.1) is 15.4 Å². The van der Waals surface area contributed by atoms with Crippen molar-refractivity contribution in [3.05, 3.63) is 0 Å². The van der Waals surface area contributed by atoms with E-state index in [1.807, 2.05) is 0 Å². The van der Waals surface area contributed by atoms with Crippen LogP contribution >= 0.6 is 36.7 Å². The van der Waals surface area contributed by atoms with E-state index >= 15 is 0 Å². The predicted octanol–water partition coefficient (Wildman–Crippen LogP) is 2.95. The van der Waals surface area contributed by atoms with E-state index in [1.165, 1.54) is 0 Å². The van der Waals surface area contributed by atoms with Crippen LogP contribution in [0, 0.1) is 11.3 Å². The van der Waals surface area contributed by atoms with Crippen molar-refractivity contribution in [2.24, 2.45) is 11.3 Å². The second kappa shape index (κ2) is 5.47. The van der Waals surface area contributed by atoms with Crippen molar-refractivity contribution in [2.75, 3.05) is 0 Å². The Morgan fingerprint density at radius 3 is 2.00 bits per heavy atom. The molecule has 90 valence electrons. The Morgan fingerprint density at radius 2 is 1.62 bits per heavy atom. The van der Waals surface area contributed by atoms with Gasteiger partial charge in [-0.1, -0.05) is 51.6 Å². The van der Waals surface area contributed by atoms with Gasteiger partial charge in [0.15, 0.2) is 5.11 Å². The van der Waals surface area contributed by atoms with E-state index in [0.29, 0.717) is 11.0 Å². The number of hydrogen-bond acceptors (Lipinski definition) is 3. The molecule has 0 aliphatic carbocycles. The highest BCUT2D eigenvalue weighted by molar-refractivity contribution is 7.83. The minimum atomic E-state index is -0.219. The molecule has 1 rings (SSSR count). The minimum absolute atomic E-state index is 0.219. The minimum Gasteiger partial charge on any atom is -0.326 e. The molecule has 0 aromatic carbocycles. The lowest BCUT2D eigenvalue weighted by Gasteiger charge is -2.43. The summed E-state index contributed by atoms with van der Waals surface area (Å²) >= 11 is 16.0. The SMILES string of the molecule is CCCC(C)C1(CC)C(=S)NC(=S)NC1=S. The van der Waals surface area contributed by atoms with Gasteiger partial charge in [0, 0.05) is 0 Å². The fraction of sp³-hybridized carbons (Fsp3) is 0.727. The van der Waals surface area contributed by atoms with Crippen LogP contribution in [-0.2, 0) is 0 Å². The van der Waals surface area contributed by atoms with E-state index in [0.717, 1.165) is 29.2 Å². The number of rotatable bonds is 4. The number of thiocarbonyl (C=S) groups is 3. The molecule has 0 saturated carbocycles. The average Bonchev–Trinajstić information content (AvgIpc) is 2.18. The molecule has 0 aromatic rings. The summed E-state index contributed by atoms with van der Waals surface area (Å²) in [7, 11) is 0. The van der Waals surface area contributed by atoms with Gasteiger partial charge in [-0.15, -0.1) is 0 Å². The molecule has 1 aliphatic rings. The summed E-state index contributed by atoms with van der Waals surface area (Å²) in [5.41, 5.74) is -0.219. The standard InChI is InChI=1S/C11H18N2S3/c1-4-6-7(3)11(5-2)8(14)12-10(16)13-9(11)15/h7H,4-6H2,1-3H3,(H2,12,13,14,15,16). The average molecular weight is 274 g/mol. The van der Waals surface area contributed by atoms with Crippen molar-refractivity contribution >= 4 is 51.7 Å². The summed E-state index contributed by atoms with van der Waals surface area (Å²) in [4.78, 5) is 1.56. The fourth-order valence-corrected chi connectivity index (χ4v) is 3.86. The van der Waals surface area contributed by atoms with Crippen LogP contribution in [0.1, 0.15) is 40.0 Å². The lowest BCUT2D eigenvalue weighted by Crippen LogP contribution is -2.62. The molecule has 5 heteroatoms. The van der Waals surface area contributed by atoms with Gasteiger partial charge in [-0.3, -0.25) is 0 Å². The first-order valence-corrected chi connectivity index (χ1v) is 6.88. The van der Waals surface area contributed by atoms with Crippen LogP contribution in [-0.4, -0.2) is 15.1 Å². The largest absolute Gasteiger partial charge is 0.326 e. The van der Waals surface area contributed by atoms with Crippen molar-refractivity contribution in [1.82, 2.24) is 10.6 Å². The lowest BCUT2D eigenvalue weighted by atomic mass is 9.71. The van der Waals surface area contributed by atoms with Gasteiger partial charge in [-0.2, -0.15) is 0 Å². The number of nitrogens with one attached hydrogen (secondary N) is 2. The zero-order chi connectivity index (χ0) is 12.3. The second-order valence-corrected chi connectivity index (χ2v) is 5.48. The molecule has 2 N–H and O–H groups in total. The first-order chi connectivity index (χ1) is 7.48. The summed E-state index contributed by atoms with van der Waals surface area (Å²) in [6, 6.07) is 0. The number of hydrogen-bond donors (Lipinski definition) is 2. The Hall–Kier alpha value is -0.130. The van der Waals surface area contributed by atoms with E-state index in [9.17, 15) is 0 Å². The Balaban J connectivity index is 3.05. The third-order valence-corrected chi connectivity index (χ3v) is 4.52. The smallest absolute Gasteiger partial charge is 0.176 e. The normalized spacial score (nSPS) is 21.3. The highest BCUT2D eigenvalue weighted by Crippen LogP contribution is 2.38. The first-order valence-electron chi connectivity index (χ1n) is 5.65. The van der Waals surface area contributed by atoms with Crippen molar-refractivity contribution < 1.29 is 0 Å². The van der Waals surface area contributed by atoms with Crippen molar-refractivity contribution in [1.29, 1.82) is 0 Å². The summed E-state index contributed by atoms with van der Waals surface area (Å²) in [5.74, 6) is 0.436. The molecular formula is C11H18N2S3. The van der Waals surface area contributed by atoms with E-state index in [2.05, 4.69) is 31.4 Å². The molecule has 0 spiro atoms. The molecule has 0 bridgehead atoms.